The molecule has 0 radical (unpaired) electrons. The van der Waals surface area contributed by atoms with E-state index in [0.717, 1.165) is 8.66 Å². The summed E-state index contributed by atoms with van der Waals surface area (Å²) in [5, 5.41) is 20.7. The fourth-order valence-corrected chi connectivity index (χ4v) is 3.16. The van der Waals surface area contributed by atoms with Gasteiger partial charge >= 0.3 is 5.97 Å². The lowest BCUT2D eigenvalue weighted by atomic mass is 10.0. The van der Waals surface area contributed by atoms with Crippen LogP contribution < -0.4 is 0 Å². The number of aliphatic carboxylic acids is 1. The molecule has 6 nitrogen and oxygen atoms in total. The average molecular weight is 345 g/mol. The molecule has 0 amide bonds. The Morgan fingerprint density at radius 1 is 1.53 bits per heavy atom. The highest BCUT2D eigenvalue weighted by atomic mass is 79.9. The van der Waals surface area contributed by atoms with Crippen LogP contribution in [-0.2, 0) is 4.79 Å². The van der Waals surface area contributed by atoms with Crippen LogP contribution in [0.15, 0.2) is 15.9 Å². The van der Waals surface area contributed by atoms with Gasteiger partial charge in [0.05, 0.1) is 21.1 Å². The maximum absolute atomic E-state index is 11.0. The quantitative estimate of drug-likeness (QED) is 0.901. The summed E-state index contributed by atoms with van der Waals surface area (Å²) in [5.41, 5.74) is 0. The van der Waals surface area contributed by atoms with Gasteiger partial charge in [-0.3, -0.25) is 4.79 Å². The zero-order chi connectivity index (χ0) is 14.0. The number of nitrogens with zero attached hydrogens (tertiary/aromatic N) is 4. The number of carbonyl (C=O) groups is 1. The van der Waals surface area contributed by atoms with Crippen LogP contribution in [0, 0.1) is 5.92 Å². The van der Waals surface area contributed by atoms with Gasteiger partial charge in [-0.15, -0.1) is 16.4 Å². The molecule has 1 atom stereocenters. The molecule has 0 aliphatic heterocycles. The number of thiophene rings is 1. The van der Waals surface area contributed by atoms with Crippen molar-refractivity contribution in [3.63, 3.8) is 0 Å². The molecule has 2 heterocycles. The van der Waals surface area contributed by atoms with E-state index < -0.39 is 5.97 Å². The maximum Gasteiger partial charge on any atom is 0.305 e. The summed E-state index contributed by atoms with van der Waals surface area (Å²) in [6.07, 6.45) is 0.00223. The molecule has 19 heavy (non-hydrogen) atoms. The lowest BCUT2D eigenvalue weighted by molar-refractivity contribution is -0.138. The molecule has 102 valence electrons. The Morgan fingerprint density at radius 3 is 2.79 bits per heavy atom. The van der Waals surface area contributed by atoms with Crippen molar-refractivity contribution in [1.82, 2.24) is 20.2 Å². The van der Waals surface area contributed by atoms with E-state index in [2.05, 4.69) is 31.5 Å². The van der Waals surface area contributed by atoms with Gasteiger partial charge < -0.3 is 5.11 Å². The fourth-order valence-electron chi connectivity index (χ4n) is 1.80. The van der Waals surface area contributed by atoms with Gasteiger partial charge in [-0.05, 0) is 44.4 Å². The van der Waals surface area contributed by atoms with Crippen LogP contribution in [0.3, 0.4) is 0 Å². The predicted molar refractivity (Wildman–Crippen MR) is 75.0 cm³/mol. The topological polar surface area (TPSA) is 80.9 Å². The Kier molecular flexibility index (Phi) is 4.31. The third-order valence-electron chi connectivity index (χ3n) is 2.75. The van der Waals surface area contributed by atoms with Crippen LogP contribution in [0.25, 0.3) is 10.7 Å². The maximum atomic E-state index is 11.0. The first kappa shape index (κ1) is 14.1. The zero-order valence-electron chi connectivity index (χ0n) is 10.4. The van der Waals surface area contributed by atoms with Crippen LogP contribution in [0.4, 0.5) is 0 Å². The minimum absolute atomic E-state index is 0.00223. The Labute approximate surface area is 122 Å². The van der Waals surface area contributed by atoms with E-state index in [9.17, 15) is 4.79 Å². The third-order valence-corrected chi connectivity index (χ3v) is 4.37. The fraction of sp³-hybridized carbons (Fsp3) is 0.455. The molecule has 8 heteroatoms. The monoisotopic (exact) mass is 344 g/mol. The SMILES string of the molecule is CC(C)C(CC(=O)O)n1nnnc1-c1ccc(Br)s1. The molecule has 1 unspecified atom stereocenters. The van der Waals surface area contributed by atoms with E-state index in [1.54, 1.807) is 4.68 Å². The number of carboxylic acids is 1. The Bertz CT molecular complexity index is 581. The number of tetrazole rings is 1. The lowest BCUT2D eigenvalue weighted by Gasteiger charge is -2.19. The van der Waals surface area contributed by atoms with Gasteiger partial charge in [-0.25, -0.2) is 4.68 Å². The molecule has 0 saturated carbocycles. The van der Waals surface area contributed by atoms with E-state index in [4.69, 9.17) is 5.11 Å². The van der Waals surface area contributed by atoms with Gasteiger partial charge in [-0.1, -0.05) is 13.8 Å². The van der Waals surface area contributed by atoms with Gasteiger partial charge in [0.15, 0.2) is 5.82 Å². The van der Waals surface area contributed by atoms with Crippen molar-refractivity contribution in [3.05, 3.63) is 15.9 Å². The van der Waals surface area contributed by atoms with Gasteiger partial charge in [0, 0.05) is 0 Å². The van der Waals surface area contributed by atoms with Crippen LogP contribution >= 0.6 is 27.3 Å². The first-order chi connectivity index (χ1) is 8.99. The minimum atomic E-state index is -0.854. The van der Waals surface area contributed by atoms with Gasteiger partial charge in [-0.2, -0.15) is 0 Å². The standard InChI is InChI=1S/C11H13BrN4O2S/c1-6(2)7(5-10(17)18)16-11(13-14-15-16)8-3-4-9(12)19-8/h3-4,6-7H,5H2,1-2H3,(H,17,18). The van der Waals surface area contributed by atoms with Crippen LogP contribution in [0.1, 0.15) is 26.3 Å². The number of halogens is 1. The largest absolute Gasteiger partial charge is 0.481 e. The Morgan fingerprint density at radius 2 is 2.26 bits per heavy atom. The molecule has 0 saturated heterocycles. The van der Waals surface area contributed by atoms with Crippen molar-refractivity contribution in [2.75, 3.05) is 0 Å². The molecule has 0 aliphatic rings. The molecule has 2 aromatic rings. The van der Waals surface area contributed by atoms with E-state index in [1.807, 2.05) is 26.0 Å². The zero-order valence-corrected chi connectivity index (χ0v) is 12.8. The van der Waals surface area contributed by atoms with Gasteiger partial charge in [0.2, 0.25) is 0 Å². The average Bonchev–Trinajstić information content (AvgIpc) is 2.93. The molecule has 0 aromatic carbocycles. The van der Waals surface area contributed by atoms with Crippen molar-refractivity contribution in [2.45, 2.75) is 26.3 Å². The van der Waals surface area contributed by atoms with Crippen LogP contribution in [0.2, 0.25) is 0 Å². The summed E-state index contributed by atoms with van der Waals surface area (Å²) in [7, 11) is 0. The van der Waals surface area contributed by atoms with E-state index in [-0.39, 0.29) is 18.4 Å². The summed E-state index contributed by atoms with van der Waals surface area (Å²) in [5.74, 6) is -0.120. The summed E-state index contributed by atoms with van der Waals surface area (Å²) in [4.78, 5) is 11.9. The molecule has 2 rings (SSSR count). The number of aromatic nitrogens is 4. The van der Waals surface area contributed by atoms with Crippen LogP contribution in [0.5, 0.6) is 0 Å². The van der Waals surface area contributed by atoms with E-state index in [1.165, 1.54) is 11.3 Å². The van der Waals surface area contributed by atoms with Crippen molar-refractivity contribution in [1.29, 1.82) is 0 Å². The second kappa shape index (κ2) is 5.79. The minimum Gasteiger partial charge on any atom is -0.481 e. The predicted octanol–water partition coefficient (Wildman–Crippen LogP) is 2.84. The summed E-state index contributed by atoms with van der Waals surface area (Å²) in [6, 6.07) is 3.57. The molecular weight excluding hydrogens is 332 g/mol. The summed E-state index contributed by atoms with van der Waals surface area (Å²) < 4.78 is 2.59. The van der Waals surface area contributed by atoms with Gasteiger partial charge in [0.25, 0.3) is 0 Å². The van der Waals surface area contributed by atoms with Crippen molar-refractivity contribution in [3.8, 4) is 10.7 Å². The molecular formula is C11H13BrN4O2S. The molecule has 2 aromatic heterocycles. The van der Waals surface area contributed by atoms with E-state index >= 15 is 0 Å². The highest BCUT2D eigenvalue weighted by molar-refractivity contribution is 9.11. The Hall–Kier alpha value is -1.28. The highest BCUT2D eigenvalue weighted by Crippen LogP contribution is 2.32. The second-order valence-electron chi connectivity index (χ2n) is 4.46. The number of hydrogen-bond acceptors (Lipinski definition) is 5. The Balaban J connectivity index is 2.39. The van der Waals surface area contributed by atoms with Crippen molar-refractivity contribution in [2.24, 2.45) is 5.92 Å². The second-order valence-corrected chi connectivity index (χ2v) is 6.92. The van der Waals surface area contributed by atoms with E-state index in [0.29, 0.717) is 5.82 Å². The summed E-state index contributed by atoms with van der Waals surface area (Å²) >= 11 is 4.91. The molecule has 0 aliphatic carbocycles. The van der Waals surface area contributed by atoms with Crippen molar-refractivity contribution >= 4 is 33.2 Å². The van der Waals surface area contributed by atoms with Crippen LogP contribution in [-0.4, -0.2) is 31.3 Å². The smallest absolute Gasteiger partial charge is 0.305 e. The molecule has 0 bridgehead atoms. The molecule has 1 N–H and O–H groups in total. The number of carboxylic acid groups (broad SMARTS) is 1. The summed E-state index contributed by atoms with van der Waals surface area (Å²) in [6.45, 7) is 3.92. The first-order valence-electron chi connectivity index (χ1n) is 5.74. The number of rotatable bonds is 5. The highest BCUT2D eigenvalue weighted by Gasteiger charge is 2.24. The normalized spacial score (nSPS) is 12.8. The molecule has 0 fully saturated rings. The van der Waals surface area contributed by atoms with Crippen molar-refractivity contribution < 1.29 is 9.90 Å². The number of hydrogen-bond donors (Lipinski definition) is 1. The molecule has 0 spiro atoms. The first-order valence-corrected chi connectivity index (χ1v) is 7.35. The third kappa shape index (κ3) is 3.19. The van der Waals surface area contributed by atoms with Gasteiger partial charge in [0.1, 0.15) is 0 Å². The lowest BCUT2D eigenvalue weighted by Crippen LogP contribution is -2.21.